The first-order valence-electron chi connectivity index (χ1n) is 9.76. The largest absolute Gasteiger partial charge is 0.396 e. The first-order valence-corrected chi connectivity index (χ1v) is 9.76. The van der Waals surface area contributed by atoms with Crippen molar-refractivity contribution >= 4 is 0 Å². The van der Waals surface area contributed by atoms with Crippen LogP contribution in [0.15, 0.2) is 0 Å². The van der Waals surface area contributed by atoms with E-state index in [9.17, 15) is 15.3 Å². The molecule has 2 bridgehead atoms. The van der Waals surface area contributed by atoms with E-state index in [2.05, 4.69) is 13.8 Å². The monoisotopic (exact) mass is 322 g/mol. The quantitative estimate of drug-likeness (QED) is 0.732. The summed E-state index contributed by atoms with van der Waals surface area (Å²) in [5.41, 5.74) is -0.191. The summed E-state index contributed by atoms with van der Waals surface area (Å²) >= 11 is 0. The fourth-order valence-corrected chi connectivity index (χ4v) is 8.13. The van der Waals surface area contributed by atoms with Crippen LogP contribution in [0, 0.1) is 34.0 Å². The molecule has 1 unspecified atom stereocenters. The highest BCUT2D eigenvalue weighted by Crippen LogP contribution is 2.72. The van der Waals surface area contributed by atoms with Crippen LogP contribution in [0.1, 0.15) is 71.6 Å². The van der Waals surface area contributed by atoms with E-state index < -0.39 is 5.60 Å². The molecular formula is C20H34O3. The number of aliphatic hydroxyl groups excluding tert-OH is 2. The Labute approximate surface area is 140 Å². The Bertz CT molecular complexity index is 493. The van der Waals surface area contributed by atoms with Crippen LogP contribution in [0.3, 0.4) is 0 Å². The predicted molar refractivity (Wildman–Crippen MR) is 89.8 cm³/mol. The number of rotatable bonds is 2. The molecule has 3 nitrogen and oxygen atoms in total. The van der Waals surface area contributed by atoms with E-state index in [1.165, 1.54) is 32.1 Å². The van der Waals surface area contributed by atoms with E-state index in [0.717, 1.165) is 25.7 Å². The van der Waals surface area contributed by atoms with Gasteiger partial charge < -0.3 is 15.3 Å². The van der Waals surface area contributed by atoms with Crippen molar-refractivity contribution in [3.8, 4) is 0 Å². The van der Waals surface area contributed by atoms with Gasteiger partial charge in [0.15, 0.2) is 0 Å². The van der Waals surface area contributed by atoms with Crippen molar-refractivity contribution in [2.24, 2.45) is 34.0 Å². The summed E-state index contributed by atoms with van der Waals surface area (Å²) in [7, 11) is 0. The molecule has 0 saturated heterocycles. The third-order valence-corrected chi connectivity index (χ3v) is 9.08. The zero-order valence-electron chi connectivity index (χ0n) is 14.9. The Morgan fingerprint density at radius 2 is 1.70 bits per heavy atom. The molecular weight excluding hydrogens is 288 g/mol. The molecule has 0 radical (unpaired) electrons. The lowest BCUT2D eigenvalue weighted by Crippen LogP contribution is -2.57. The highest BCUT2D eigenvalue weighted by Gasteiger charge is 2.67. The van der Waals surface area contributed by atoms with E-state index in [1.54, 1.807) is 0 Å². The van der Waals surface area contributed by atoms with Crippen molar-refractivity contribution in [2.45, 2.75) is 77.2 Å². The second-order valence-corrected chi connectivity index (χ2v) is 10.1. The van der Waals surface area contributed by atoms with Crippen LogP contribution >= 0.6 is 0 Å². The summed E-state index contributed by atoms with van der Waals surface area (Å²) in [6.45, 7) is 5.04. The molecule has 23 heavy (non-hydrogen) atoms. The van der Waals surface area contributed by atoms with Crippen molar-refractivity contribution in [1.29, 1.82) is 0 Å². The molecule has 4 aliphatic carbocycles. The first-order chi connectivity index (χ1) is 10.8. The van der Waals surface area contributed by atoms with Gasteiger partial charge in [-0.15, -0.1) is 0 Å². The maximum atomic E-state index is 10.9. The van der Waals surface area contributed by atoms with E-state index in [0.29, 0.717) is 29.8 Å². The molecule has 3 N–H and O–H groups in total. The molecule has 4 saturated carbocycles. The number of fused-ring (bicyclic) bond motifs is 3. The fraction of sp³-hybridized carbons (Fsp3) is 1.00. The third-order valence-electron chi connectivity index (χ3n) is 9.08. The van der Waals surface area contributed by atoms with Gasteiger partial charge >= 0.3 is 0 Å². The molecule has 0 aromatic carbocycles. The van der Waals surface area contributed by atoms with Crippen LogP contribution in [0.4, 0.5) is 0 Å². The fourth-order valence-electron chi connectivity index (χ4n) is 8.13. The third kappa shape index (κ3) is 1.99. The van der Waals surface area contributed by atoms with Crippen LogP contribution in [0.5, 0.6) is 0 Å². The molecule has 1 spiro atoms. The van der Waals surface area contributed by atoms with Gasteiger partial charge in [0.2, 0.25) is 0 Å². The van der Waals surface area contributed by atoms with E-state index >= 15 is 0 Å². The van der Waals surface area contributed by atoms with Gasteiger partial charge in [0.25, 0.3) is 0 Å². The van der Waals surface area contributed by atoms with Crippen molar-refractivity contribution in [3.63, 3.8) is 0 Å². The summed E-state index contributed by atoms with van der Waals surface area (Å²) in [4.78, 5) is 0. The minimum atomic E-state index is -0.826. The van der Waals surface area contributed by atoms with Gasteiger partial charge in [0, 0.05) is 6.61 Å². The molecule has 0 heterocycles. The smallest absolute Gasteiger partial charge is 0.0910 e. The number of aliphatic hydroxyl groups is 3. The highest BCUT2D eigenvalue weighted by molar-refractivity contribution is 5.16. The Morgan fingerprint density at radius 3 is 2.39 bits per heavy atom. The maximum absolute atomic E-state index is 10.9. The second-order valence-electron chi connectivity index (χ2n) is 10.1. The van der Waals surface area contributed by atoms with Gasteiger partial charge in [0.1, 0.15) is 0 Å². The van der Waals surface area contributed by atoms with Gasteiger partial charge in [0.05, 0.1) is 12.2 Å². The SMILES string of the molecule is C[C@]1(CO)CCC[C@]2(C)[C@H]3CC[C@@H]4CC3(CC[C@@H]12)C[C@]4(O)CO. The molecule has 0 aromatic heterocycles. The average molecular weight is 322 g/mol. The average Bonchev–Trinajstić information content (AvgIpc) is 2.74. The van der Waals surface area contributed by atoms with Gasteiger partial charge in [-0.05, 0) is 85.4 Å². The summed E-state index contributed by atoms with van der Waals surface area (Å²) in [5, 5.41) is 30.8. The normalized spacial score (nSPS) is 58.6. The Balaban J connectivity index is 1.71. The summed E-state index contributed by atoms with van der Waals surface area (Å²) in [6, 6.07) is 0. The zero-order chi connectivity index (χ0) is 16.5. The number of hydrogen-bond acceptors (Lipinski definition) is 3. The van der Waals surface area contributed by atoms with E-state index in [4.69, 9.17) is 0 Å². The van der Waals surface area contributed by atoms with Crippen molar-refractivity contribution in [2.75, 3.05) is 13.2 Å². The van der Waals surface area contributed by atoms with Gasteiger partial charge in [-0.25, -0.2) is 0 Å². The lowest BCUT2D eigenvalue weighted by molar-refractivity contribution is -0.159. The Hall–Kier alpha value is -0.120. The van der Waals surface area contributed by atoms with E-state index in [-0.39, 0.29) is 17.4 Å². The molecule has 3 heteroatoms. The molecule has 7 atom stereocenters. The highest BCUT2D eigenvalue weighted by atomic mass is 16.3. The van der Waals surface area contributed by atoms with Crippen molar-refractivity contribution in [1.82, 2.24) is 0 Å². The van der Waals surface area contributed by atoms with Crippen LogP contribution in [-0.2, 0) is 0 Å². The lowest BCUT2D eigenvalue weighted by atomic mass is 9.41. The second kappa shape index (κ2) is 4.95. The molecule has 0 amide bonds. The topological polar surface area (TPSA) is 60.7 Å². The molecule has 4 aliphatic rings. The van der Waals surface area contributed by atoms with Crippen LogP contribution < -0.4 is 0 Å². The molecule has 4 rings (SSSR count). The number of hydrogen-bond donors (Lipinski definition) is 3. The first kappa shape index (κ1) is 16.4. The van der Waals surface area contributed by atoms with Crippen LogP contribution in [0.2, 0.25) is 0 Å². The Morgan fingerprint density at radius 1 is 0.913 bits per heavy atom. The standard InChI is InChI=1S/C20H34O3/c1-17(12-21)7-3-8-18(2)15(17)6-9-19-10-14(4-5-16(18)19)20(23,11-19)13-22/h14-16,21-23H,3-13H2,1-2H3/t14-,15+,16-,17-,18+,19?,20+/m1/s1. The predicted octanol–water partition coefficient (Wildman–Crippen LogP) is 3.12. The maximum Gasteiger partial charge on any atom is 0.0910 e. The zero-order valence-corrected chi connectivity index (χ0v) is 14.9. The molecule has 4 fully saturated rings. The van der Waals surface area contributed by atoms with E-state index in [1.807, 2.05) is 0 Å². The molecule has 0 aromatic rings. The van der Waals surface area contributed by atoms with Gasteiger partial charge in [-0.3, -0.25) is 0 Å². The molecule has 132 valence electrons. The summed E-state index contributed by atoms with van der Waals surface area (Å²) in [5.74, 6) is 1.58. The molecule has 0 aliphatic heterocycles. The lowest BCUT2D eigenvalue weighted by Gasteiger charge is -2.64. The summed E-state index contributed by atoms with van der Waals surface area (Å²) in [6.07, 6.45) is 10.3. The van der Waals surface area contributed by atoms with Crippen molar-refractivity contribution in [3.05, 3.63) is 0 Å². The minimum Gasteiger partial charge on any atom is -0.396 e. The van der Waals surface area contributed by atoms with Gasteiger partial charge in [-0.2, -0.15) is 0 Å². The summed E-state index contributed by atoms with van der Waals surface area (Å²) < 4.78 is 0. The van der Waals surface area contributed by atoms with Crippen molar-refractivity contribution < 1.29 is 15.3 Å². The van der Waals surface area contributed by atoms with Gasteiger partial charge in [-0.1, -0.05) is 20.3 Å². The minimum absolute atomic E-state index is 0.0688. The van der Waals surface area contributed by atoms with Crippen LogP contribution in [0.25, 0.3) is 0 Å². The Kier molecular flexibility index (Phi) is 3.52. The van der Waals surface area contributed by atoms with Crippen LogP contribution in [-0.4, -0.2) is 34.1 Å².